The van der Waals surface area contributed by atoms with E-state index in [1.54, 1.807) is 22.8 Å². The molecule has 0 amide bonds. The number of nitrogen functional groups attached to an aromatic ring is 1. The number of benzene rings is 1. The summed E-state index contributed by atoms with van der Waals surface area (Å²) >= 11 is 1.48. The van der Waals surface area contributed by atoms with Crippen LogP contribution in [0, 0.1) is 5.82 Å². The summed E-state index contributed by atoms with van der Waals surface area (Å²) < 4.78 is 15.1. The van der Waals surface area contributed by atoms with Gasteiger partial charge in [-0.2, -0.15) is 5.10 Å². The lowest BCUT2D eigenvalue weighted by Crippen LogP contribution is -1.95. The van der Waals surface area contributed by atoms with Gasteiger partial charge in [-0.15, -0.1) is 0 Å². The Balaban J connectivity index is 1.76. The molecule has 92 valence electrons. The molecular weight excluding hydrogens is 251 g/mol. The van der Waals surface area contributed by atoms with E-state index in [1.807, 2.05) is 6.07 Å². The monoisotopic (exact) mass is 262 g/mol. The summed E-state index contributed by atoms with van der Waals surface area (Å²) in [5.74, 6) is 0.303. The highest BCUT2D eigenvalue weighted by molar-refractivity contribution is 7.16. The molecule has 2 heterocycles. The Hall–Kier alpha value is -1.95. The van der Waals surface area contributed by atoms with Crippen LogP contribution < -0.4 is 5.73 Å². The van der Waals surface area contributed by atoms with Crippen molar-refractivity contribution in [3.8, 4) is 0 Å². The van der Waals surface area contributed by atoms with Crippen LogP contribution in [-0.4, -0.2) is 14.6 Å². The van der Waals surface area contributed by atoms with Crippen molar-refractivity contribution < 1.29 is 4.39 Å². The van der Waals surface area contributed by atoms with Crippen LogP contribution >= 0.6 is 11.3 Å². The maximum Gasteiger partial charge on any atom is 0.214 e. The number of imidazole rings is 1. The van der Waals surface area contributed by atoms with E-state index in [-0.39, 0.29) is 5.82 Å². The molecule has 0 bridgehead atoms. The highest BCUT2D eigenvalue weighted by atomic mass is 32.1. The van der Waals surface area contributed by atoms with Crippen LogP contribution in [0.5, 0.6) is 0 Å². The number of aryl methyl sites for hydroxylation is 2. The molecule has 0 aliphatic heterocycles. The molecular formula is C12H11FN4S. The van der Waals surface area contributed by atoms with Crippen molar-refractivity contribution in [1.82, 2.24) is 14.6 Å². The predicted octanol–water partition coefficient (Wildman–Crippen LogP) is 2.30. The van der Waals surface area contributed by atoms with Crippen molar-refractivity contribution in [1.29, 1.82) is 0 Å². The van der Waals surface area contributed by atoms with Gasteiger partial charge in [0.2, 0.25) is 4.96 Å². The first-order chi connectivity index (χ1) is 8.72. The Labute approximate surface area is 107 Å². The van der Waals surface area contributed by atoms with Gasteiger partial charge in [0.15, 0.2) is 0 Å². The average molecular weight is 262 g/mol. The molecule has 0 fully saturated rings. The first kappa shape index (κ1) is 11.2. The second-order valence-electron chi connectivity index (χ2n) is 3.98. The number of aromatic nitrogens is 3. The third-order valence-electron chi connectivity index (χ3n) is 2.67. The molecule has 0 aliphatic rings. The van der Waals surface area contributed by atoms with E-state index in [1.165, 1.54) is 17.4 Å². The smallest absolute Gasteiger partial charge is 0.214 e. The molecule has 0 saturated heterocycles. The van der Waals surface area contributed by atoms with E-state index in [2.05, 4.69) is 10.1 Å². The number of halogens is 1. The standard InChI is InChI=1S/C12H11FN4S/c13-9-4-2-1-3-8(9)5-6-11-16-17-7-10(14)15-12(17)18-11/h1-4,7H,5-6,14H2. The quantitative estimate of drug-likeness (QED) is 0.788. The highest BCUT2D eigenvalue weighted by Crippen LogP contribution is 2.18. The Kier molecular flexibility index (Phi) is 2.71. The Morgan fingerprint density at radius 2 is 2.11 bits per heavy atom. The van der Waals surface area contributed by atoms with E-state index in [9.17, 15) is 4.39 Å². The van der Waals surface area contributed by atoms with Crippen LogP contribution in [0.3, 0.4) is 0 Å². The van der Waals surface area contributed by atoms with E-state index in [4.69, 9.17) is 5.73 Å². The summed E-state index contributed by atoms with van der Waals surface area (Å²) in [6.07, 6.45) is 3.02. The summed E-state index contributed by atoms with van der Waals surface area (Å²) in [7, 11) is 0. The summed E-state index contributed by atoms with van der Waals surface area (Å²) in [4.78, 5) is 4.90. The SMILES string of the molecule is Nc1cn2nc(CCc3ccccc3F)sc2n1. The molecule has 0 saturated carbocycles. The lowest BCUT2D eigenvalue weighted by Gasteiger charge is -1.99. The number of nitrogens with zero attached hydrogens (tertiary/aromatic N) is 3. The van der Waals surface area contributed by atoms with Gasteiger partial charge in [0.25, 0.3) is 0 Å². The van der Waals surface area contributed by atoms with Crippen LogP contribution in [0.1, 0.15) is 10.6 Å². The number of rotatable bonds is 3. The molecule has 0 radical (unpaired) electrons. The maximum absolute atomic E-state index is 13.4. The number of hydrogen-bond donors (Lipinski definition) is 1. The molecule has 0 aliphatic carbocycles. The number of fused-ring (bicyclic) bond motifs is 1. The zero-order chi connectivity index (χ0) is 12.5. The van der Waals surface area contributed by atoms with Crippen LogP contribution in [0.2, 0.25) is 0 Å². The van der Waals surface area contributed by atoms with Gasteiger partial charge in [-0.1, -0.05) is 29.5 Å². The van der Waals surface area contributed by atoms with Gasteiger partial charge in [-0.05, 0) is 18.1 Å². The van der Waals surface area contributed by atoms with Gasteiger partial charge in [0.1, 0.15) is 16.6 Å². The van der Waals surface area contributed by atoms with Crippen LogP contribution in [-0.2, 0) is 12.8 Å². The second kappa shape index (κ2) is 4.38. The number of anilines is 1. The van der Waals surface area contributed by atoms with Crippen molar-refractivity contribution in [2.24, 2.45) is 0 Å². The van der Waals surface area contributed by atoms with Gasteiger partial charge in [0, 0.05) is 6.42 Å². The highest BCUT2D eigenvalue weighted by Gasteiger charge is 2.08. The topological polar surface area (TPSA) is 56.2 Å². The van der Waals surface area contributed by atoms with Crippen molar-refractivity contribution in [2.75, 3.05) is 5.73 Å². The predicted molar refractivity (Wildman–Crippen MR) is 69.1 cm³/mol. The molecule has 3 aromatic rings. The van der Waals surface area contributed by atoms with Crippen LogP contribution in [0.25, 0.3) is 4.96 Å². The number of nitrogens with two attached hydrogens (primary N) is 1. The molecule has 0 atom stereocenters. The fraction of sp³-hybridized carbons (Fsp3) is 0.167. The molecule has 0 unspecified atom stereocenters. The maximum atomic E-state index is 13.4. The third-order valence-corrected chi connectivity index (χ3v) is 3.65. The van der Waals surface area contributed by atoms with Crippen LogP contribution in [0.15, 0.2) is 30.5 Å². The first-order valence-corrected chi connectivity index (χ1v) is 6.38. The average Bonchev–Trinajstić information content (AvgIpc) is 2.84. The largest absolute Gasteiger partial charge is 0.382 e. The van der Waals surface area contributed by atoms with E-state index < -0.39 is 0 Å². The normalized spacial score (nSPS) is 11.2. The minimum Gasteiger partial charge on any atom is -0.382 e. The summed E-state index contributed by atoms with van der Waals surface area (Å²) in [6.45, 7) is 0. The molecule has 4 nitrogen and oxygen atoms in total. The zero-order valence-electron chi connectivity index (χ0n) is 9.51. The molecule has 0 spiro atoms. The van der Waals surface area contributed by atoms with Gasteiger partial charge in [0.05, 0.1) is 6.20 Å². The summed E-state index contributed by atoms with van der Waals surface area (Å²) in [5.41, 5.74) is 6.27. The fourth-order valence-electron chi connectivity index (χ4n) is 1.80. The lowest BCUT2D eigenvalue weighted by molar-refractivity contribution is 0.608. The van der Waals surface area contributed by atoms with Gasteiger partial charge in [-0.3, -0.25) is 0 Å². The van der Waals surface area contributed by atoms with Crippen LogP contribution in [0.4, 0.5) is 10.2 Å². The zero-order valence-corrected chi connectivity index (χ0v) is 10.3. The Bertz CT molecular complexity index is 657. The van der Waals surface area contributed by atoms with Crippen molar-refractivity contribution in [3.63, 3.8) is 0 Å². The van der Waals surface area contributed by atoms with Crippen molar-refractivity contribution in [3.05, 3.63) is 46.9 Å². The molecule has 6 heteroatoms. The minimum atomic E-state index is -0.164. The molecule has 1 aromatic carbocycles. The van der Waals surface area contributed by atoms with Gasteiger partial charge < -0.3 is 5.73 Å². The minimum absolute atomic E-state index is 0.164. The van der Waals surface area contributed by atoms with E-state index >= 15 is 0 Å². The first-order valence-electron chi connectivity index (χ1n) is 5.56. The second-order valence-corrected chi connectivity index (χ2v) is 5.02. The lowest BCUT2D eigenvalue weighted by atomic mass is 10.1. The van der Waals surface area contributed by atoms with Gasteiger partial charge in [-0.25, -0.2) is 13.9 Å². The molecule has 3 rings (SSSR count). The Morgan fingerprint density at radius 1 is 1.28 bits per heavy atom. The fourth-order valence-corrected chi connectivity index (χ4v) is 2.68. The van der Waals surface area contributed by atoms with Crippen molar-refractivity contribution >= 4 is 22.1 Å². The van der Waals surface area contributed by atoms with Gasteiger partial charge >= 0.3 is 0 Å². The van der Waals surface area contributed by atoms with Crippen molar-refractivity contribution in [2.45, 2.75) is 12.8 Å². The summed E-state index contributed by atoms with van der Waals surface area (Å²) in [5, 5.41) is 5.28. The van der Waals surface area contributed by atoms with E-state index in [0.29, 0.717) is 24.2 Å². The van der Waals surface area contributed by atoms with E-state index in [0.717, 1.165) is 9.97 Å². The molecule has 2 aromatic heterocycles. The molecule has 18 heavy (non-hydrogen) atoms. The Morgan fingerprint density at radius 3 is 2.89 bits per heavy atom. The molecule has 2 N–H and O–H groups in total. The third kappa shape index (κ3) is 2.06. The summed E-state index contributed by atoms with van der Waals surface area (Å²) in [6, 6.07) is 6.81. The number of hydrogen-bond acceptors (Lipinski definition) is 4.